The first-order chi connectivity index (χ1) is 9.74. The summed E-state index contributed by atoms with van der Waals surface area (Å²) in [6.07, 6.45) is 0.118. The zero-order chi connectivity index (χ0) is 13.9. The quantitative estimate of drug-likeness (QED) is 0.859. The molecule has 3 rings (SSSR count). The third-order valence-corrected chi connectivity index (χ3v) is 3.83. The van der Waals surface area contributed by atoms with Crippen molar-refractivity contribution in [3.8, 4) is 0 Å². The Morgan fingerprint density at radius 3 is 2.75 bits per heavy atom. The highest BCUT2D eigenvalue weighted by Crippen LogP contribution is 2.25. The molecule has 5 nitrogen and oxygen atoms in total. The summed E-state index contributed by atoms with van der Waals surface area (Å²) in [4.78, 5) is 2.37. The lowest BCUT2D eigenvalue weighted by Gasteiger charge is -2.37. The lowest BCUT2D eigenvalue weighted by atomic mass is 10.1. The molecule has 0 radical (unpaired) electrons. The Bertz CT molecular complexity index is 555. The van der Waals surface area contributed by atoms with E-state index in [2.05, 4.69) is 34.3 Å². The second-order valence-electron chi connectivity index (χ2n) is 5.31. The van der Waals surface area contributed by atoms with Crippen LogP contribution in [0.2, 0.25) is 0 Å². The number of nitrogens with zero attached hydrogens (tertiary/aromatic N) is 3. The fourth-order valence-corrected chi connectivity index (χ4v) is 2.48. The van der Waals surface area contributed by atoms with E-state index in [0.717, 1.165) is 31.1 Å². The van der Waals surface area contributed by atoms with Gasteiger partial charge in [-0.15, -0.1) is 0 Å². The summed E-state index contributed by atoms with van der Waals surface area (Å²) in [6, 6.07) is 10.7. The molecule has 2 aromatic rings. The minimum Gasteiger partial charge on any atom is -0.371 e. The molecule has 2 heterocycles. The number of morpholine rings is 1. The van der Waals surface area contributed by atoms with Crippen molar-refractivity contribution in [1.29, 1.82) is 0 Å². The summed E-state index contributed by atoms with van der Waals surface area (Å²) in [5.74, 6) is 0. The van der Waals surface area contributed by atoms with Crippen LogP contribution in [0.15, 0.2) is 35.0 Å². The molecule has 0 N–H and O–H groups in total. The lowest BCUT2D eigenvalue weighted by Crippen LogP contribution is -2.44. The van der Waals surface area contributed by atoms with Crippen molar-refractivity contribution in [3.05, 3.63) is 47.3 Å². The van der Waals surface area contributed by atoms with E-state index >= 15 is 0 Å². The van der Waals surface area contributed by atoms with Gasteiger partial charge >= 0.3 is 0 Å². The number of hydrogen-bond donors (Lipinski definition) is 0. The predicted molar refractivity (Wildman–Crippen MR) is 74.0 cm³/mol. The van der Waals surface area contributed by atoms with Crippen LogP contribution in [0.1, 0.15) is 30.0 Å². The first-order valence-corrected chi connectivity index (χ1v) is 6.92. The molecule has 2 unspecified atom stereocenters. The summed E-state index contributed by atoms with van der Waals surface area (Å²) in [5.41, 5.74) is 2.99. The summed E-state index contributed by atoms with van der Waals surface area (Å²) in [6.45, 7) is 6.43. The molecule has 5 heteroatoms. The second-order valence-corrected chi connectivity index (χ2v) is 5.31. The van der Waals surface area contributed by atoms with E-state index in [9.17, 15) is 0 Å². The standard InChI is InChI=1S/C15H19N3O2/c1-11-10-19-15(13-6-4-3-5-7-13)9-18(11)8-14-12(2)16-20-17-14/h3-7,11,15H,8-10H2,1-2H3. The van der Waals surface area contributed by atoms with Crippen molar-refractivity contribution >= 4 is 0 Å². The molecule has 0 saturated carbocycles. The van der Waals surface area contributed by atoms with Crippen LogP contribution in [0.4, 0.5) is 0 Å². The van der Waals surface area contributed by atoms with Gasteiger partial charge in [0.2, 0.25) is 0 Å². The van der Waals surface area contributed by atoms with Gasteiger partial charge in [-0.3, -0.25) is 4.90 Å². The first kappa shape index (κ1) is 13.3. The maximum atomic E-state index is 5.95. The van der Waals surface area contributed by atoms with E-state index in [-0.39, 0.29) is 6.10 Å². The van der Waals surface area contributed by atoms with Crippen molar-refractivity contribution in [2.24, 2.45) is 0 Å². The summed E-state index contributed by atoms with van der Waals surface area (Å²) >= 11 is 0. The van der Waals surface area contributed by atoms with Crippen LogP contribution in [0.3, 0.4) is 0 Å². The van der Waals surface area contributed by atoms with Crippen LogP contribution in [-0.4, -0.2) is 34.4 Å². The van der Waals surface area contributed by atoms with Gasteiger partial charge in [0.15, 0.2) is 0 Å². The highest BCUT2D eigenvalue weighted by molar-refractivity contribution is 5.18. The van der Waals surface area contributed by atoms with Gasteiger partial charge in [0, 0.05) is 19.1 Å². The largest absolute Gasteiger partial charge is 0.371 e. The van der Waals surface area contributed by atoms with Crippen LogP contribution in [-0.2, 0) is 11.3 Å². The Morgan fingerprint density at radius 2 is 2.05 bits per heavy atom. The van der Waals surface area contributed by atoms with Crippen LogP contribution < -0.4 is 0 Å². The molecular formula is C15H19N3O2. The summed E-state index contributed by atoms with van der Waals surface area (Å²) in [5, 5.41) is 7.81. The van der Waals surface area contributed by atoms with Crippen molar-refractivity contribution in [2.45, 2.75) is 32.5 Å². The number of ether oxygens (including phenoxy) is 1. The van der Waals surface area contributed by atoms with Crippen molar-refractivity contribution in [3.63, 3.8) is 0 Å². The molecule has 0 bridgehead atoms. The van der Waals surface area contributed by atoms with E-state index in [1.165, 1.54) is 5.56 Å². The first-order valence-electron chi connectivity index (χ1n) is 6.92. The number of benzene rings is 1. The fourth-order valence-electron chi connectivity index (χ4n) is 2.48. The van der Waals surface area contributed by atoms with Gasteiger partial charge in [0.25, 0.3) is 0 Å². The average Bonchev–Trinajstić information content (AvgIpc) is 2.88. The molecule has 2 atom stereocenters. The van der Waals surface area contributed by atoms with Crippen LogP contribution in [0, 0.1) is 6.92 Å². The molecule has 1 saturated heterocycles. The average molecular weight is 273 g/mol. The predicted octanol–water partition coefficient (Wildman–Crippen LogP) is 2.34. The van der Waals surface area contributed by atoms with Crippen molar-refractivity contribution in [1.82, 2.24) is 15.2 Å². The lowest BCUT2D eigenvalue weighted by molar-refractivity contribution is -0.0639. The van der Waals surface area contributed by atoms with Gasteiger partial charge in [-0.25, -0.2) is 4.63 Å². The molecule has 1 aromatic carbocycles. The van der Waals surface area contributed by atoms with E-state index in [1.807, 2.05) is 25.1 Å². The topological polar surface area (TPSA) is 51.4 Å². The Labute approximate surface area is 118 Å². The smallest absolute Gasteiger partial charge is 0.122 e. The Kier molecular flexibility index (Phi) is 3.80. The maximum absolute atomic E-state index is 5.95. The molecule has 1 aliphatic heterocycles. The number of aromatic nitrogens is 2. The van der Waals surface area contributed by atoms with Crippen LogP contribution in [0.25, 0.3) is 0 Å². The molecule has 20 heavy (non-hydrogen) atoms. The van der Waals surface area contributed by atoms with E-state index < -0.39 is 0 Å². The third-order valence-electron chi connectivity index (χ3n) is 3.83. The Balaban J connectivity index is 1.72. The molecule has 0 spiro atoms. The minimum absolute atomic E-state index is 0.118. The normalized spacial score (nSPS) is 23.9. The monoisotopic (exact) mass is 273 g/mol. The van der Waals surface area contributed by atoms with Gasteiger partial charge in [0.05, 0.1) is 12.7 Å². The highest BCUT2D eigenvalue weighted by atomic mass is 16.6. The zero-order valence-corrected chi connectivity index (χ0v) is 11.8. The molecule has 1 aromatic heterocycles. The van der Waals surface area contributed by atoms with Crippen LogP contribution in [0.5, 0.6) is 0 Å². The van der Waals surface area contributed by atoms with Gasteiger partial charge in [-0.05, 0) is 19.4 Å². The minimum atomic E-state index is 0.118. The van der Waals surface area contributed by atoms with Gasteiger partial charge in [-0.1, -0.05) is 40.6 Å². The van der Waals surface area contributed by atoms with E-state index in [1.54, 1.807) is 0 Å². The summed E-state index contributed by atoms with van der Waals surface area (Å²) in [7, 11) is 0. The molecular weight excluding hydrogens is 254 g/mol. The van der Waals surface area contributed by atoms with Gasteiger partial charge < -0.3 is 4.74 Å². The molecule has 1 aliphatic rings. The number of aryl methyl sites for hydroxylation is 1. The molecule has 106 valence electrons. The van der Waals surface area contributed by atoms with E-state index in [4.69, 9.17) is 9.37 Å². The van der Waals surface area contributed by atoms with Crippen molar-refractivity contribution < 1.29 is 9.37 Å². The molecule has 1 fully saturated rings. The van der Waals surface area contributed by atoms with Gasteiger partial charge in [0.1, 0.15) is 11.4 Å². The SMILES string of the molecule is Cc1nonc1CN1CC(c2ccccc2)OCC1C. The van der Waals surface area contributed by atoms with Crippen molar-refractivity contribution in [2.75, 3.05) is 13.2 Å². The van der Waals surface area contributed by atoms with Crippen LogP contribution >= 0.6 is 0 Å². The number of hydrogen-bond acceptors (Lipinski definition) is 5. The maximum Gasteiger partial charge on any atom is 0.122 e. The Morgan fingerprint density at radius 1 is 1.25 bits per heavy atom. The zero-order valence-electron chi connectivity index (χ0n) is 11.8. The number of rotatable bonds is 3. The van der Waals surface area contributed by atoms with Gasteiger partial charge in [-0.2, -0.15) is 0 Å². The molecule has 0 amide bonds. The Hall–Kier alpha value is -1.72. The summed E-state index contributed by atoms with van der Waals surface area (Å²) < 4.78 is 10.7. The van der Waals surface area contributed by atoms with E-state index in [0.29, 0.717) is 6.04 Å². The second kappa shape index (κ2) is 5.73. The molecule has 0 aliphatic carbocycles. The highest BCUT2D eigenvalue weighted by Gasteiger charge is 2.28. The third kappa shape index (κ3) is 2.73. The fraction of sp³-hybridized carbons (Fsp3) is 0.467.